The van der Waals surface area contributed by atoms with Crippen LogP contribution in [0.4, 0.5) is 11.8 Å². The molecule has 0 radical (unpaired) electrons. The number of nitrogens with two attached hydrogens (primary N) is 1. The lowest BCUT2D eigenvalue weighted by Gasteiger charge is -2.22. The third-order valence-corrected chi connectivity index (χ3v) is 6.04. The minimum absolute atomic E-state index is 0.0546. The van der Waals surface area contributed by atoms with Crippen molar-refractivity contribution >= 4 is 22.5 Å². The zero-order valence-electron chi connectivity index (χ0n) is 19.8. The Labute approximate surface area is 207 Å². The number of aryl methyl sites for hydroxylation is 1. The van der Waals surface area contributed by atoms with Gasteiger partial charge in [-0.3, -0.25) is 14.3 Å². The van der Waals surface area contributed by atoms with Crippen molar-refractivity contribution in [1.29, 1.82) is 5.26 Å². The summed E-state index contributed by atoms with van der Waals surface area (Å²) in [6.07, 6.45) is 3.17. The van der Waals surface area contributed by atoms with Crippen LogP contribution in [0.1, 0.15) is 29.9 Å². The van der Waals surface area contributed by atoms with Crippen molar-refractivity contribution in [2.75, 3.05) is 11.1 Å². The number of para-hydroxylation sites is 1. The van der Waals surface area contributed by atoms with Gasteiger partial charge in [-0.05, 0) is 49.1 Å². The summed E-state index contributed by atoms with van der Waals surface area (Å²) in [6.45, 7) is 3.84. The number of hydrogen-bond donors (Lipinski definition) is 2. The molecule has 5 aromatic rings. The minimum atomic E-state index is -0.395. The molecule has 0 spiro atoms. The summed E-state index contributed by atoms with van der Waals surface area (Å²) in [6, 6.07) is 22.9. The minimum Gasteiger partial charge on any atom is -0.368 e. The zero-order chi connectivity index (χ0) is 25.2. The number of fused-ring (bicyclic) bond motifs is 1. The standard InChI is InChI=1S/C28H23N7O/c1-17-11-12-20(15-31-17)23-10-6-7-19-13-24(18(2)33-26-21(14-29)16-32-28(30)34-26)35(27(36)25(19)23)22-8-4-3-5-9-22/h3-13,15-16,18H,1-2H3,(H3,30,32,33,34)/t18-/m0/s1. The molecule has 0 saturated carbocycles. The summed E-state index contributed by atoms with van der Waals surface area (Å²) in [5.74, 6) is 0.364. The van der Waals surface area contributed by atoms with Gasteiger partial charge >= 0.3 is 0 Å². The van der Waals surface area contributed by atoms with Gasteiger partial charge < -0.3 is 11.1 Å². The second-order valence-corrected chi connectivity index (χ2v) is 8.47. The molecule has 3 N–H and O–H groups in total. The largest absolute Gasteiger partial charge is 0.368 e. The molecule has 176 valence electrons. The van der Waals surface area contributed by atoms with Crippen molar-refractivity contribution in [3.8, 4) is 22.9 Å². The molecule has 0 aliphatic carbocycles. The lowest BCUT2D eigenvalue weighted by atomic mass is 9.98. The van der Waals surface area contributed by atoms with E-state index in [9.17, 15) is 10.1 Å². The average molecular weight is 474 g/mol. The molecule has 0 fully saturated rings. The maximum atomic E-state index is 14.2. The van der Waals surface area contributed by atoms with Crippen LogP contribution in [0.25, 0.3) is 27.6 Å². The molecular weight excluding hydrogens is 450 g/mol. The van der Waals surface area contributed by atoms with Crippen LogP contribution in [0.2, 0.25) is 0 Å². The van der Waals surface area contributed by atoms with Gasteiger partial charge in [0.25, 0.3) is 5.56 Å². The van der Waals surface area contributed by atoms with E-state index in [1.54, 1.807) is 10.8 Å². The molecule has 0 aliphatic rings. The van der Waals surface area contributed by atoms with E-state index in [2.05, 4.69) is 26.3 Å². The van der Waals surface area contributed by atoms with E-state index in [1.807, 2.05) is 80.6 Å². The second-order valence-electron chi connectivity index (χ2n) is 8.47. The first-order valence-electron chi connectivity index (χ1n) is 11.4. The molecule has 3 aromatic heterocycles. The first kappa shape index (κ1) is 22.7. The fourth-order valence-electron chi connectivity index (χ4n) is 4.28. The number of aromatic nitrogens is 4. The fraction of sp³-hybridized carbons (Fsp3) is 0.107. The highest BCUT2D eigenvalue weighted by molar-refractivity contribution is 5.96. The molecule has 0 saturated heterocycles. The summed E-state index contributed by atoms with van der Waals surface area (Å²) in [7, 11) is 0. The molecular formula is C28H23N7O. The monoisotopic (exact) mass is 473 g/mol. The topological polar surface area (TPSA) is 123 Å². The van der Waals surface area contributed by atoms with Gasteiger partial charge in [-0.1, -0.05) is 42.5 Å². The first-order valence-corrected chi connectivity index (χ1v) is 11.4. The van der Waals surface area contributed by atoms with Crippen LogP contribution in [0.15, 0.2) is 83.9 Å². The van der Waals surface area contributed by atoms with Gasteiger partial charge in [0, 0.05) is 28.8 Å². The SMILES string of the molecule is Cc1ccc(-c2cccc3cc([C@H](C)Nc4nc(N)ncc4C#N)n(-c4ccccc4)c(=O)c23)cn1. The lowest BCUT2D eigenvalue weighted by Crippen LogP contribution is -2.26. The smallest absolute Gasteiger partial charge is 0.263 e. The van der Waals surface area contributed by atoms with Crippen LogP contribution >= 0.6 is 0 Å². The van der Waals surface area contributed by atoms with Gasteiger partial charge in [-0.15, -0.1) is 0 Å². The summed E-state index contributed by atoms with van der Waals surface area (Å²) >= 11 is 0. The number of rotatable bonds is 5. The summed E-state index contributed by atoms with van der Waals surface area (Å²) < 4.78 is 1.70. The number of nitrogens with one attached hydrogen (secondary N) is 1. The van der Waals surface area contributed by atoms with Gasteiger partial charge in [0.1, 0.15) is 17.5 Å². The van der Waals surface area contributed by atoms with Gasteiger partial charge in [-0.25, -0.2) is 4.98 Å². The molecule has 5 rings (SSSR count). The van der Waals surface area contributed by atoms with E-state index >= 15 is 0 Å². The number of pyridine rings is 2. The van der Waals surface area contributed by atoms with Crippen molar-refractivity contribution in [2.24, 2.45) is 0 Å². The van der Waals surface area contributed by atoms with Crippen molar-refractivity contribution in [2.45, 2.75) is 19.9 Å². The molecule has 1 atom stereocenters. The predicted octanol–water partition coefficient (Wildman–Crippen LogP) is 4.78. The number of anilines is 2. The van der Waals surface area contributed by atoms with Crippen molar-refractivity contribution in [1.82, 2.24) is 19.5 Å². The van der Waals surface area contributed by atoms with Crippen LogP contribution in [-0.2, 0) is 0 Å². The maximum absolute atomic E-state index is 14.2. The van der Waals surface area contributed by atoms with Crippen molar-refractivity contribution in [3.63, 3.8) is 0 Å². The Hall–Kier alpha value is -5.03. The quantitative estimate of drug-likeness (QED) is 0.377. The second kappa shape index (κ2) is 9.31. The van der Waals surface area contributed by atoms with E-state index in [0.29, 0.717) is 16.9 Å². The van der Waals surface area contributed by atoms with E-state index in [4.69, 9.17) is 5.73 Å². The molecule has 0 amide bonds. The number of nitrogens with zero attached hydrogens (tertiary/aromatic N) is 5. The van der Waals surface area contributed by atoms with E-state index in [-0.39, 0.29) is 17.1 Å². The van der Waals surface area contributed by atoms with Crippen LogP contribution in [0, 0.1) is 18.3 Å². The normalized spacial score (nSPS) is 11.7. The summed E-state index contributed by atoms with van der Waals surface area (Å²) in [4.78, 5) is 26.7. The number of nitrogen functional groups attached to an aromatic ring is 1. The molecule has 8 nitrogen and oxygen atoms in total. The molecule has 36 heavy (non-hydrogen) atoms. The number of benzene rings is 2. The van der Waals surface area contributed by atoms with Gasteiger partial charge in [0.15, 0.2) is 0 Å². The van der Waals surface area contributed by atoms with E-state index in [0.717, 1.165) is 27.9 Å². The molecule has 2 aromatic carbocycles. The third kappa shape index (κ3) is 4.14. The fourth-order valence-corrected chi connectivity index (χ4v) is 4.28. The van der Waals surface area contributed by atoms with Crippen LogP contribution in [0.5, 0.6) is 0 Å². The Morgan fingerprint density at radius 2 is 1.83 bits per heavy atom. The third-order valence-electron chi connectivity index (χ3n) is 6.04. The van der Waals surface area contributed by atoms with Crippen LogP contribution in [-0.4, -0.2) is 19.5 Å². The van der Waals surface area contributed by atoms with E-state index in [1.165, 1.54) is 6.20 Å². The Balaban J connectivity index is 1.74. The highest BCUT2D eigenvalue weighted by Crippen LogP contribution is 2.30. The first-order chi connectivity index (χ1) is 17.5. The highest BCUT2D eigenvalue weighted by Gasteiger charge is 2.20. The molecule has 8 heteroatoms. The predicted molar refractivity (Wildman–Crippen MR) is 141 cm³/mol. The Kier molecular flexibility index (Phi) is 5.88. The number of hydrogen-bond acceptors (Lipinski definition) is 7. The zero-order valence-corrected chi connectivity index (χ0v) is 19.8. The van der Waals surface area contributed by atoms with Crippen LogP contribution < -0.4 is 16.6 Å². The summed E-state index contributed by atoms with van der Waals surface area (Å²) in [5, 5.41) is 14.2. The Morgan fingerprint density at radius 3 is 2.56 bits per heavy atom. The maximum Gasteiger partial charge on any atom is 0.263 e. The highest BCUT2D eigenvalue weighted by atomic mass is 16.1. The Bertz CT molecular complexity index is 1670. The number of nitriles is 1. The van der Waals surface area contributed by atoms with Crippen LogP contribution in [0.3, 0.4) is 0 Å². The van der Waals surface area contributed by atoms with Gasteiger partial charge in [-0.2, -0.15) is 10.2 Å². The molecule has 0 bridgehead atoms. The van der Waals surface area contributed by atoms with Gasteiger partial charge in [0.05, 0.1) is 17.6 Å². The molecule has 0 aliphatic heterocycles. The molecule has 3 heterocycles. The van der Waals surface area contributed by atoms with Crippen molar-refractivity contribution < 1.29 is 0 Å². The summed E-state index contributed by atoms with van der Waals surface area (Å²) in [5.41, 5.74) is 9.91. The lowest BCUT2D eigenvalue weighted by molar-refractivity contribution is 0.772. The average Bonchev–Trinajstić information content (AvgIpc) is 2.89. The van der Waals surface area contributed by atoms with Gasteiger partial charge in [0.2, 0.25) is 5.95 Å². The molecule has 0 unspecified atom stereocenters. The van der Waals surface area contributed by atoms with Crippen molar-refractivity contribution in [3.05, 3.63) is 106 Å². The van der Waals surface area contributed by atoms with E-state index < -0.39 is 6.04 Å². The Morgan fingerprint density at radius 1 is 1.03 bits per heavy atom.